The number of aliphatic imine (C=N–C) groups is 1. The number of aromatic nitrogens is 2. The number of carbonyl (C=O) groups is 2. The molecule has 3 unspecified atom stereocenters. The van der Waals surface area contributed by atoms with Gasteiger partial charge in [0.05, 0.1) is 11.3 Å². The van der Waals surface area contributed by atoms with Gasteiger partial charge in [-0.1, -0.05) is 57.2 Å². The van der Waals surface area contributed by atoms with Crippen LogP contribution < -0.4 is 5.32 Å². The number of carbonyl (C=O) groups excluding carboxylic acids is 2. The van der Waals surface area contributed by atoms with Gasteiger partial charge in [-0.3, -0.25) is 14.6 Å². The number of hydrogen-bond acceptors (Lipinski definition) is 8. The number of hydrogen-bond donors (Lipinski definition) is 1. The molecular formula is C32H31N7O2. The molecule has 2 heterocycles. The highest BCUT2D eigenvalue weighted by Crippen LogP contribution is 2.39. The fourth-order valence-corrected chi connectivity index (χ4v) is 5.08. The summed E-state index contributed by atoms with van der Waals surface area (Å²) in [5.74, 6) is -1.39. The van der Waals surface area contributed by atoms with Gasteiger partial charge in [-0.05, 0) is 48.1 Å². The van der Waals surface area contributed by atoms with Gasteiger partial charge in [0.15, 0.2) is 11.6 Å². The van der Waals surface area contributed by atoms with Crippen LogP contribution in [0, 0.1) is 23.2 Å². The van der Waals surface area contributed by atoms with E-state index in [4.69, 9.17) is 0 Å². The van der Waals surface area contributed by atoms with E-state index in [1.54, 1.807) is 18.5 Å². The largest absolute Gasteiger partial charge is 0.325 e. The summed E-state index contributed by atoms with van der Waals surface area (Å²) < 4.78 is 0. The van der Waals surface area contributed by atoms with Gasteiger partial charge in [-0.25, -0.2) is 9.97 Å². The molecule has 0 fully saturated rings. The molecule has 5 rings (SSSR count). The normalized spacial score (nSPS) is 24.0. The van der Waals surface area contributed by atoms with Crippen LogP contribution in [0.25, 0.3) is 0 Å². The Bertz CT molecular complexity index is 1600. The first-order valence-corrected chi connectivity index (χ1v) is 13.5. The summed E-state index contributed by atoms with van der Waals surface area (Å²) in [4.78, 5) is 40.3. The topological polar surface area (TPSA) is 133 Å². The maximum absolute atomic E-state index is 13.7. The van der Waals surface area contributed by atoms with Crippen molar-refractivity contribution >= 4 is 23.6 Å². The number of nitrogens with one attached hydrogen (secondary N) is 1. The molecule has 3 aliphatic rings. The first-order chi connectivity index (χ1) is 19.6. The highest BCUT2D eigenvalue weighted by molar-refractivity contribution is 6.14. The van der Waals surface area contributed by atoms with Crippen molar-refractivity contribution in [2.24, 2.45) is 27.1 Å². The van der Waals surface area contributed by atoms with Crippen LogP contribution in [0.4, 0.5) is 5.69 Å². The van der Waals surface area contributed by atoms with E-state index in [-0.39, 0.29) is 34.9 Å². The van der Waals surface area contributed by atoms with Crippen LogP contribution in [0.1, 0.15) is 51.9 Å². The van der Waals surface area contributed by atoms with Gasteiger partial charge in [-0.15, -0.1) is 5.11 Å². The van der Waals surface area contributed by atoms with Crippen LogP contribution in [-0.2, 0) is 20.5 Å². The van der Waals surface area contributed by atoms with Crippen molar-refractivity contribution in [3.63, 3.8) is 0 Å². The van der Waals surface area contributed by atoms with Crippen LogP contribution in [0.5, 0.6) is 0 Å². The molecule has 1 aromatic carbocycles. The molecular weight excluding hydrogens is 514 g/mol. The predicted octanol–water partition coefficient (Wildman–Crippen LogP) is 5.92. The van der Waals surface area contributed by atoms with E-state index < -0.39 is 17.2 Å². The molecule has 0 saturated carbocycles. The Morgan fingerprint density at radius 2 is 1.85 bits per heavy atom. The Morgan fingerprint density at radius 1 is 1.12 bits per heavy atom. The molecule has 206 valence electrons. The molecule has 3 atom stereocenters. The quantitative estimate of drug-likeness (QED) is 0.368. The number of benzene rings is 1. The lowest BCUT2D eigenvalue weighted by Crippen LogP contribution is -2.36. The molecule has 9 nitrogen and oxygen atoms in total. The summed E-state index contributed by atoms with van der Waals surface area (Å²) in [6.45, 7) is 8.23. The number of Topliss-reactive ketones (excluding diaryl/α,β-unsaturated/α-hetero) is 1. The third kappa shape index (κ3) is 5.73. The van der Waals surface area contributed by atoms with Crippen LogP contribution in [0.2, 0.25) is 0 Å². The van der Waals surface area contributed by atoms with Crippen molar-refractivity contribution in [2.75, 3.05) is 5.32 Å². The fourth-order valence-electron chi connectivity index (χ4n) is 5.08. The summed E-state index contributed by atoms with van der Waals surface area (Å²) in [6, 6.07) is 11.5. The molecule has 2 aliphatic carbocycles. The summed E-state index contributed by atoms with van der Waals surface area (Å²) in [6.07, 6.45) is 12.8. The van der Waals surface area contributed by atoms with Gasteiger partial charge in [0, 0.05) is 36.6 Å². The monoisotopic (exact) mass is 545 g/mol. The minimum absolute atomic E-state index is 0.0135. The zero-order valence-corrected chi connectivity index (χ0v) is 23.5. The SMILES string of the molecule is CC(C)(C)c1ccc(NC(=O)C2CC3C=CC=CC3=C(N=NC3=C(C#N)C=NC(C)(c4ncccn4)C3)C2=O)cc1. The van der Waals surface area contributed by atoms with Gasteiger partial charge < -0.3 is 5.32 Å². The number of allylic oxidation sites excluding steroid dienone is 7. The lowest BCUT2D eigenvalue weighted by Gasteiger charge is -2.29. The van der Waals surface area contributed by atoms with Crippen molar-refractivity contribution < 1.29 is 9.59 Å². The highest BCUT2D eigenvalue weighted by Gasteiger charge is 2.40. The molecule has 0 radical (unpaired) electrons. The van der Waals surface area contributed by atoms with E-state index >= 15 is 0 Å². The minimum atomic E-state index is -0.934. The van der Waals surface area contributed by atoms with Crippen LogP contribution in [0.3, 0.4) is 0 Å². The third-order valence-electron chi connectivity index (χ3n) is 7.52. The maximum Gasteiger partial charge on any atom is 0.235 e. The Balaban J connectivity index is 1.42. The van der Waals surface area contributed by atoms with Gasteiger partial charge in [-0.2, -0.15) is 10.4 Å². The Morgan fingerprint density at radius 3 is 2.54 bits per heavy atom. The van der Waals surface area contributed by atoms with E-state index in [1.807, 2.05) is 55.5 Å². The molecule has 1 aliphatic heterocycles. The van der Waals surface area contributed by atoms with Crippen molar-refractivity contribution in [1.29, 1.82) is 5.26 Å². The molecule has 2 aromatic rings. The van der Waals surface area contributed by atoms with Gasteiger partial charge in [0.2, 0.25) is 5.91 Å². The molecule has 9 heteroatoms. The number of anilines is 1. The summed E-state index contributed by atoms with van der Waals surface area (Å²) in [5, 5.41) is 21.4. The van der Waals surface area contributed by atoms with E-state index in [1.165, 1.54) is 6.21 Å². The van der Waals surface area contributed by atoms with Gasteiger partial charge in [0.25, 0.3) is 0 Å². The van der Waals surface area contributed by atoms with Gasteiger partial charge in [0.1, 0.15) is 23.2 Å². The van der Waals surface area contributed by atoms with E-state index in [9.17, 15) is 14.9 Å². The third-order valence-corrected chi connectivity index (χ3v) is 7.52. The molecule has 0 saturated heterocycles. The zero-order chi connectivity index (χ0) is 29.2. The summed E-state index contributed by atoms with van der Waals surface area (Å²) in [7, 11) is 0. The molecule has 1 amide bonds. The maximum atomic E-state index is 13.7. The summed E-state index contributed by atoms with van der Waals surface area (Å²) in [5.41, 5.74) is 2.36. The van der Waals surface area contributed by atoms with Crippen LogP contribution in [-0.4, -0.2) is 27.9 Å². The number of fused-ring (bicyclic) bond motifs is 1. The van der Waals surface area contributed by atoms with Crippen LogP contribution >= 0.6 is 0 Å². The van der Waals surface area contributed by atoms with Crippen molar-refractivity contribution in [2.45, 2.75) is 51.5 Å². The fraction of sp³-hybridized carbons (Fsp3) is 0.312. The minimum Gasteiger partial charge on any atom is -0.325 e. The average Bonchev–Trinajstić information content (AvgIpc) is 2.97. The number of rotatable bonds is 5. The Hall–Kier alpha value is -4.84. The number of azo groups is 1. The highest BCUT2D eigenvalue weighted by atomic mass is 16.2. The zero-order valence-electron chi connectivity index (χ0n) is 23.5. The molecule has 0 bridgehead atoms. The van der Waals surface area contributed by atoms with Crippen molar-refractivity contribution in [1.82, 2.24) is 9.97 Å². The lowest BCUT2D eigenvalue weighted by molar-refractivity contribution is -0.130. The molecule has 0 spiro atoms. The predicted molar refractivity (Wildman–Crippen MR) is 156 cm³/mol. The Kier molecular flexibility index (Phi) is 7.41. The average molecular weight is 546 g/mol. The second kappa shape index (κ2) is 11.0. The van der Waals surface area contributed by atoms with Crippen LogP contribution in [0.15, 0.2) is 105 Å². The van der Waals surface area contributed by atoms with E-state index in [0.29, 0.717) is 29.2 Å². The number of ketones is 1. The second-order valence-corrected chi connectivity index (χ2v) is 11.6. The second-order valence-electron chi connectivity index (χ2n) is 11.6. The van der Waals surface area contributed by atoms with E-state index in [2.05, 4.69) is 57.3 Å². The molecule has 41 heavy (non-hydrogen) atoms. The Labute approximate surface area is 239 Å². The number of nitriles is 1. The molecule has 1 N–H and O–H groups in total. The molecule has 1 aromatic heterocycles. The van der Waals surface area contributed by atoms with Gasteiger partial charge >= 0.3 is 0 Å². The van der Waals surface area contributed by atoms with Crippen molar-refractivity contribution in [3.8, 4) is 6.07 Å². The smallest absolute Gasteiger partial charge is 0.235 e. The first-order valence-electron chi connectivity index (χ1n) is 13.5. The lowest BCUT2D eigenvalue weighted by atomic mass is 9.76. The number of nitrogens with zero attached hydrogens (tertiary/aromatic N) is 6. The number of dihydropyridines is 1. The van der Waals surface area contributed by atoms with Crippen molar-refractivity contribution in [3.05, 3.63) is 101 Å². The van der Waals surface area contributed by atoms with E-state index in [0.717, 1.165) is 5.56 Å². The number of amides is 1. The first kappa shape index (κ1) is 27.7. The standard InChI is InChI=1S/C32H31N7O2/c1-31(2,3)22-10-12-23(13-11-22)37-29(41)25-16-20-8-5-6-9-24(20)27(28(25)40)39-38-26-17-32(4,36-19-21(26)18-33)30-34-14-7-15-35-30/h5-15,19-20,25H,16-17H2,1-4H3,(H,37,41). The summed E-state index contributed by atoms with van der Waals surface area (Å²) >= 11 is 0.